The van der Waals surface area contributed by atoms with Gasteiger partial charge in [-0.05, 0) is 5.56 Å². The van der Waals surface area contributed by atoms with Gasteiger partial charge >= 0.3 is 23.9 Å². The van der Waals surface area contributed by atoms with Crippen molar-refractivity contribution < 1.29 is 34.5 Å². The number of rotatable bonds is 11. The van der Waals surface area contributed by atoms with Gasteiger partial charge in [0.2, 0.25) is 0 Å². The molecule has 0 saturated heterocycles. The van der Waals surface area contributed by atoms with Crippen molar-refractivity contribution in [1.82, 2.24) is 15.8 Å². The number of hydrogen-bond donors (Lipinski definition) is 5. The topological polar surface area (TPSA) is 156 Å². The fourth-order valence-corrected chi connectivity index (χ4v) is 2.85. The molecule has 5 N–H and O–H groups in total. The average molecular weight is 385 g/mol. The van der Waals surface area contributed by atoms with Crippen LogP contribution < -0.4 is 10.7 Å². The molecule has 0 aliphatic heterocycles. The molecule has 0 unspecified atom stereocenters. The van der Waals surface area contributed by atoms with Crippen molar-refractivity contribution >= 4 is 35.7 Å². The first-order valence-corrected chi connectivity index (χ1v) is 8.53. The van der Waals surface area contributed by atoms with Gasteiger partial charge in [0.1, 0.15) is 19.1 Å². The number of carbonyl (C=O) groups is 4. The van der Waals surface area contributed by atoms with Crippen LogP contribution in [0.2, 0.25) is 0 Å². The molecule has 0 heterocycles. The molecule has 1 aromatic rings. The van der Waals surface area contributed by atoms with Gasteiger partial charge in [-0.1, -0.05) is 30.3 Å². The molecular weight excluding hydrogens is 366 g/mol. The van der Waals surface area contributed by atoms with Crippen LogP contribution in [0.1, 0.15) is 5.56 Å². The number of urea groups is 1. The van der Waals surface area contributed by atoms with Crippen molar-refractivity contribution in [2.45, 2.75) is 11.8 Å². The summed E-state index contributed by atoms with van der Waals surface area (Å²) in [5.74, 6) is -3.32. The predicted octanol–water partition coefficient (Wildman–Crippen LogP) is 0.0584. The largest absolute Gasteiger partial charge is 0.480 e. The predicted molar refractivity (Wildman–Crippen MR) is 92.5 cm³/mol. The monoisotopic (exact) mass is 385 g/mol. The summed E-state index contributed by atoms with van der Waals surface area (Å²) in [6.45, 7) is -1.50. The van der Waals surface area contributed by atoms with E-state index in [1.54, 1.807) is 0 Å². The highest BCUT2D eigenvalue weighted by molar-refractivity contribution is 7.98. The summed E-state index contributed by atoms with van der Waals surface area (Å²) >= 11 is 1.30. The summed E-state index contributed by atoms with van der Waals surface area (Å²) in [6, 6.07) is 7.13. The first kappa shape index (κ1) is 21.3. The summed E-state index contributed by atoms with van der Waals surface area (Å²) in [7, 11) is 0. The van der Waals surface area contributed by atoms with Crippen LogP contribution >= 0.6 is 11.8 Å². The van der Waals surface area contributed by atoms with Crippen LogP contribution in [0.25, 0.3) is 0 Å². The molecule has 0 radical (unpaired) electrons. The minimum Gasteiger partial charge on any atom is -0.480 e. The number of carboxylic acids is 3. The van der Waals surface area contributed by atoms with Crippen LogP contribution in [0.4, 0.5) is 4.79 Å². The number of aliphatic carboxylic acids is 3. The van der Waals surface area contributed by atoms with E-state index in [0.29, 0.717) is 10.8 Å². The van der Waals surface area contributed by atoms with Gasteiger partial charge in [0.15, 0.2) is 0 Å². The highest BCUT2D eigenvalue weighted by Crippen LogP contribution is 2.12. The first-order valence-electron chi connectivity index (χ1n) is 7.38. The van der Waals surface area contributed by atoms with E-state index in [-0.39, 0.29) is 5.75 Å². The lowest BCUT2D eigenvalue weighted by atomic mass is 10.2. The highest BCUT2D eigenvalue weighted by atomic mass is 32.2. The molecular formula is C15H19N3O7S. The number of nitrogens with one attached hydrogen (secondary N) is 2. The molecule has 0 spiro atoms. The smallest absolute Gasteiger partial charge is 0.330 e. The van der Waals surface area contributed by atoms with Gasteiger partial charge in [-0.15, -0.1) is 0 Å². The maximum atomic E-state index is 11.8. The Morgan fingerprint density at radius 2 is 1.58 bits per heavy atom. The fraction of sp³-hybridized carbons (Fsp3) is 0.333. The molecule has 1 rings (SSSR count). The molecule has 10 nitrogen and oxygen atoms in total. The van der Waals surface area contributed by atoms with Gasteiger partial charge in [0, 0.05) is 11.5 Å². The highest BCUT2D eigenvalue weighted by Gasteiger charge is 2.22. The maximum absolute atomic E-state index is 11.8. The Morgan fingerprint density at radius 3 is 2.08 bits per heavy atom. The number of hydrazine groups is 1. The molecule has 142 valence electrons. The normalized spacial score (nSPS) is 11.6. The third-order valence-electron chi connectivity index (χ3n) is 2.91. The lowest BCUT2D eigenvalue weighted by Crippen LogP contribution is -2.54. The van der Waals surface area contributed by atoms with Crippen LogP contribution in [-0.2, 0) is 20.1 Å². The molecule has 11 heteroatoms. The van der Waals surface area contributed by atoms with E-state index in [4.69, 9.17) is 10.2 Å². The maximum Gasteiger partial charge on any atom is 0.330 e. The molecule has 1 aromatic carbocycles. The standard InChI is InChI=1S/C15H19N3O7S/c19-12(20)6-18(7-13(21)22)17-15(25)16-11(14(23)24)9-26-8-10-4-2-1-3-5-10/h1-5,11H,6-9H2,(H,19,20)(H,21,22)(H,23,24)(H2,16,17,25)/t11-/m0/s1. The average Bonchev–Trinajstić information content (AvgIpc) is 2.53. The summed E-state index contributed by atoms with van der Waals surface area (Å²) in [5.41, 5.74) is 3.02. The minimum absolute atomic E-state index is 0.0789. The minimum atomic E-state index is -1.35. The Morgan fingerprint density at radius 1 is 1.00 bits per heavy atom. The Bertz CT molecular complexity index is 625. The van der Waals surface area contributed by atoms with Crippen molar-refractivity contribution in [2.24, 2.45) is 0 Å². The fourth-order valence-electron chi connectivity index (χ4n) is 1.84. The molecule has 0 aromatic heterocycles. The van der Waals surface area contributed by atoms with Gasteiger partial charge in [-0.3, -0.25) is 15.0 Å². The van der Waals surface area contributed by atoms with Crippen LogP contribution in [-0.4, -0.2) is 69.2 Å². The van der Waals surface area contributed by atoms with Crippen molar-refractivity contribution in [1.29, 1.82) is 0 Å². The zero-order valence-electron chi connectivity index (χ0n) is 13.6. The molecule has 1 atom stereocenters. The third-order valence-corrected chi connectivity index (χ3v) is 4.02. The number of amides is 2. The van der Waals surface area contributed by atoms with E-state index in [1.165, 1.54) is 11.8 Å². The lowest BCUT2D eigenvalue weighted by Gasteiger charge is -2.21. The Hall–Kier alpha value is -2.79. The van der Waals surface area contributed by atoms with E-state index in [9.17, 15) is 24.3 Å². The van der Waals surface area contributed by atoms with Crippen LogP contribution in [0, 0.1) is 0 Å². The van der Waals surface area contributed by atoms with Gasteiger partial charge < -0.3 is 20.6 Å². The quantitative estimate of drug-likeness (QED) is 0.332. The second-order valence-corrected chi connectivity index (χ2v) is 6.15. The SMILES string of the molecule is O=C(O)CN(CC(=O)O)NC(=O)N[C@@H](CSCc1ccccc1)C(=O)O. The number of nitrogens with zero attached hydrogens (tertiary/aromatic N) is 1. The van der Waals surface area contributed by atoms with Crippen molar-refractivity contribution in [3.8, 4) is 0 Å². The van der Waals surface area contributed by atoms with E-state index in [0.717, 1.165) is 5.56 Å². The van der Waals surface area contributed by atoms with Crippen LogP contribution in [0.15, 0.2) is 30.3 Å². The number of hydrogen-bond acceptors (Lipinski definition) is 6. The van der Waals surface area contributed by atoms with Gasteiger partial charge in [-0.2, -0.15) is 16.8 Å². The zero-order valence-corrected chi connectivity index (χ0v) is 14.4. The Labute approximate surface area is 153 Å². The van der Waals surface area contributed by atoms with Crippen molar-refractivity contribution in [3.05, 3.63) is 35.9 Å². The summed E-state index contributed by atoms with van der Waals surface area (Å²) in [4.78, 5) is 44.5. The first-order chi connectivity index (χ1) is 12.3. The number of carbonyl (C=O) groups excluding carboxylic acids is 1. The molecule has 0 bridgehead atoms. The third kappa shape index (κ3) is 8.89. The van der Waals surface area contributed by atoms with Gasteiger partial charge in [0.25, 0.3) is 0 Å². The number of carboxylic acid groups (broad SMARTS) is 3. The second-order valence-electron chi connectivity index (χ2n) is 5.12. The molecule has 2 amide bonds. The number of benzene rings is 1. The Balaban J connectivity index is 2.53. The van der Waals surface area contributed by atoms with Crippen LogP contribution in [0.5, 0.6) is 0 Å². The van der Waals surface area contributed by atoms with Crippen molar-refractivity contribution in [3.63, 3.8) is 0 Å². The zero-order chi connectivity index (χ0) is 19.5. The molecule has 0 aliphatic carbocycles. The molecule has 0 saturated carbocycles. The van der Waals surface area contributed by atoms with E-state index in [1.807, 2.05) is 35.8 Å². The van der Waals surface area contributed by atoms with E-state index >= 15 is 0 Å². The second kappa shape index (κ2) is 10.9. The summed E-state index contributed by atoms with van der Waals surface area (Å²) in [6.07, 6.45) is 0. The summed E-state index contributed by atoms with van der Waals surface area (Å²) < 4.78 is 0. The van der Waals surface area contributed by atoms with Crippen molar-refractivity contribution in [2.75, 3.05) is 18.8 Å². The lowest BCUT2D eigenvalue weighted by molar-refractivity contribution is -0.143. The van der Waals surface area contributed by atoms with Gasteiger partial charge in [-0.25, -0.2) is 9.59 Å². The van der Waals surface area contributed by atoms with Gasteiger partial charge in [0.05, 0.1) is 0 Å². The Kier molecular flexibility index (Phi) is 8.95. The molecule has 0 fully saturated rings. The van der Waals surface area contributed by atoms with Crippen LogP contribution in [0.3, 0.4) is 0 Å². The van der Waals surface area contributed by atoms with E-state index in [2.05, 4.69) is 5.32 Å². The molecule has 26 heavy (non-hydrogen) atoms. The molecule has 0 aliphatic rings. The number of thioether (sulfide) groups is 1. The summed E-state index contributed by atoms with van der Waals surface area (Å²) in [5, 5.41) is 29.4. The van der Waals surface area contributed by atoms with E-state index < -0.39 is 43.1 Å².